The van der Waals surface area contributed by atoms with Crippen LogP contribution in [0.4, 0.5) is 5.69 Å². The molecule has 2 N–H and O–H groups in total. The van der Waals surface area contributed by atoms with E-state index < -0.39 is 12.0 Å². The normalized spacial score (nSPS) is 15.6. The smallest absolute Gasteiger partial charge is 0.321 e. The Labute approximate surface area is 235 Å². The molecule has 1 aliphatic heterocycles. The molecule has 3 aromatic carbocycles. The minimum atomic E-state index is -0.776. The number of hydrogen-bond donors (Lipinski definition) is 2. The predicted octanol–water partition coefficient (Wildman–Crippen LogP) is 7.06. The molecule has 6 heteroatoms. The van der Waals surface area contributed by atoms with Gasteiger partial charge in [0.25, 0.3) is 0 Å². The van der Waals surface area contributed by atoms with Gasteiger partial charge >= 0.3 is 5.97 Å². The highest BCUT2D eigenvalue weighted by atomic mass is 32.1. The van der Waals surface area contributed by atoms with E-state index in [1.165, 1.54) is 16.7 Å². The number of thiazole rings is 1. The van der Waals surface area contributed by atoms with E-state index in [2.05, 4.69) is 86.1 Å². The molecule has 4 aromatic rings. The highest BCUT2D eigenvalue weighted by Gasteiger charge is 2.31. The molecule has 2 heterocycles. The highest BCUT2D eigenvalue weighted by molar-refractivity contribution is 7.09. The van der Waals surface area contributed by atoms with Gasteiger partial charge < -0.3 is 10.4 Å². The van der Waals surface area contributed by atoms with Gasteiger partial charge in [-0.25, -0.2) is 4.98 Å². The number of aromatic nitrogens is 1. The third-order valence-electron chi connectivity index (χ3n) is 7.20. The molecule has 0 fully saturated rings. The minimum absolute atomic E-state index is 0.305. The number of carboxylic acid groups (broad SMARTS) is 1. The predicted molar refractivity (Wildman–Crippen MR) is 160 cm³/mol. The van der Waals surface area contributed by atoms with E-state index in [9.17, 15) is 9.90 Å². The summed E-state index contributed by atoms with van der Waals surface area (Å²) in [6, 6.07) is 25.0. The Hall–Kier alpha value is -3.48. The van der Waals surface area contributed by atoms with Crippen molar-refractivity contribution in [3.8, 4) is 11.3 Å². The zero-order valence-corrected chi connectivity index (χ0v) is 23.8. The SMILES string of the molecule is CC(C)(C)Cc1ccc(CCNc2ccc(-c3csc(CN4Cc5ccccc5CC4C(=O)O)n3)cc2)cc1. The molecule has 39 heavy (non-hydrogen) atoms. The third kappa shape index (κ3) is 7.14. The average Bonchev–Trinajstić information content (AvgIpc) is 3.37. The Morgan fingerprint density at radius 1 is 1.00 bits per heavy atom. The number of carboxylic acids is 1. The lowest BCUT2D eigenvalue weighted by Gasteiger charge is -2.33. The van der Waals surface area contributed by atoms with Crippen molar-refractivity contribution in [2.24, 2.45) is 5.41 Å². The molecule has 0 amide bonds. The molecule has 202 valence electrons. The molecule has 0 bridgehead atoms. The maximum absolute atomic E-state index is 12.0. The van der Waals surface area contributed by atoms with Crippen LogP contribution in [-0.2, 0) is 37.1 Å². The summed E-state index contributed by atoms with van der Waals surface area (Å²) in [6.07, 6.45) is 2.60. The first-order chi connectivity index (χ1) is 18.7. The van der Waals surface area contributed by atoms with Crippen LogP contribution in [0.15, 0.2) is 78.2 Å². The van der Waals surface area contributed by atoms with Gasteiger partial charge in [-0.1, -0.05) is 81.4 Å². The fourth-order valence-electron chi connectivity index (χ4n) is 5.22. The summed E-state index contributed by atoms with van der Waals surface area (Å²) >= 11 is 1.59. The molecule has 0 saturated carbocycles. The van der Waals surface area contributed by atoms with E-state index >= 15 is 0 Å². The first kappa shape index (κ1) is 27.1. The molecule has 0 aliphatic carbocycles. The van der Waals surface area contributed by atoms with Crippen molar-refractivity contribution in [3.63, 3.8) is 0 Å². The molecular weight excluding hydrogens is 502 g/mol. The van der Waals surface area contributed by atoms with Crippen molar-refractivity contribution >= 4 is 23.0 Å². The second-order valence-electron chi connectivity index (χ2n) is 11.7. The Balaban J connectivity index is 1.15. The van der Waals surface area contributed by atoms with Crippen molar-refractivity contribution in [3.05, 3.63) is 105 Å². The number of benzene rings is 3. The summed E-state index contributed by atoms with van der Waals surface area (Å²) in [4.78, 5) is 18.8. The molecule has 0 radical (unpaired) electrons. The van der Waals surface area contributed by atoms with Crippen molar-refractivity contribution in [1.82, 2.24) is 9.88 Å². The third-order valence-corrected chi connectivity index (χ3v) is 8.04. The Morgan fingerprint density at radius 2 is 1.69 bits per heavy atom. The first-order valence-electron chi connectivity index (χ1n) is 13.6. The molecule has 1 atom stereocenters. The largest absolute Gasteiger partial charge is 0.480 e. The Kier molecular flexibility index (Phi) is 8.15. The van der Waals surface area contributed by atoms with E-state index in [-0.39, 0.29) is 0 Å². The second kappa shape index (κ2) is 11.7. The van der Waals surface area contributed by atoms with Crippen LogP contribution in [0.3, 0.4) is 0 Å². The first-order valence-corrected chi connectivity index (χ1v) is 14.5. The van der Waals surface area contributed by atoms with Gasteiger partial charge in [-0.05, 0) is 59.1 Å². The Bertz CT molecular complexity index is 1400. The van der Waals surface area contributed by atoms with Gasteiger partial charge in [-0.2, -0.15) is 0 Å². The molecule has 1 aromatic heterocycles. The van der Waals surface area contributed by atoms with E-state index in [4.69, 9.17) is 4.98 Å². The van der Waals surface area contributed by atoms with Gasteiger partial charge in [0, 0.05) is 29.7 Å². The maximum atomic E-state index is 12.0. The lowest BCUT2D eigenvalue weighted by atomic mass is 9.88. The van der Waals surface area contributed by atoms with E-state index in [1.54, 1.807) is 11.3 Å². The quantitative estimate of drug-likeness (QED) is 0.238. The number of nitrogens with one attached hydrogen (secondary N) is 1. The summed E-state index contributed by atoms with van der Waals surface area (Å²) in [7, 11) is 0. The van der Waals surface area contributed by atoms with Gasteiger partial charge in [0.15, 0.2) is 0 Å². The van der Waals surface area contributed by atoms with Crippen LogP contribution < -0.4 is 5.32 Å². The standard InChI is InChI=1S/C33H37N3O2S/c1-33(2,3)19-24-10-8-23(9-11-24)16-17-34-28-14-12-25(13-15-28)29-22-39-31(35-29)21-36-20-27-7-5-4-6-26(27)18-30(36)32(37)38/h4-15,22,30,34H,16-21H2,1-3H3,(H,37,38). The summed E-state index contributed by atoms with van der Waals surface area (Å²) in [5.74, 6) is -0.776. The van der Waals surface area contributed by atoms with Crippen LogP contribution >= 0.6 is 11.3 Å². The van der Waals surface area contributed by atoms with Crippen molar-refractivity contribution < 1.29 is 9.90 Å². The van der Waals surface area contributed by atoms with Gasteiger partial charge in [0.1, 0.15) is 11.0 Å². The van der Waals surface area contributed by atoms with Crippen molar-refractivity contribution in [1.29, 1.82) is 0 Å². The van der Waals surface area contributed by atoms with Gasteiger partial charge in [-0.3, -0.25) is 9.69 Å². The number of anilines is 1. The molecule has 5 nitrogen and oxygen atoms in total. The fourth-order valence-corrected chi connectivity index (χ4v) is 6.05. The van der Waals surface area contributed by atoms with Crippen LogP contribution in [0.2, 0.25) is 0 Å². The number of aliphatic carboxylic acids is 1. The van der Waals surface area contributed by atoms with Gasteiger partial charge in [0.2, 0.25) is 0 Å². The summed E-state index contributed by atoms with van der Waals surface area (Å²) in [5, 5.41) is 16.4. The molecule has 1 aliphatic rings. The highest BCUT2D eigenvalue weighted by Crippen LogP contribution is 2.28. The molecule has 5 rings (SSSR count). The molecule has 0 spiro atoms. The van der Waals surface area contributed by atoms with Crippen LogP contribution in [0.25, 0.3) is 11.3 Å². The number of fused-ring (bicyclic) bond motifs is 1. The number of carbonyl (C=O) groups is 1. The number of rotatable bonds is 9. The van der Waals surface area contributed by atoms with E-state index in [0.717, 1.165) is 46.9 Å². The van der Waals surface area contributed by atoms with E-state index in [1.807, 2.05) is 23.1 Å². The molecule has 0 saturated heterocycles. The van der Waals surface area contributed by atoms with Gasteiger partial charge in [-0.15, -0.1) is 11.3 Å². The number of hydrogen-bond acceptors (Lipinski definition) is 5. The van der Waals surface area contributed by atoms with E-state index in [0.29, 0.717) is 24.9 Å². The zero-order valence-electron chi connectivity index (χ0n) is 23.0. The average molecular weight is 540 g/mol. The monoisotopic (exact) mass is 539 g/mol. The molecule has 1 unspecified atom stereocenters. The molecular formula is C33H37N3O2S. The summed E-state index contributed by atoms with van der Waals surface area (Å²) in [5.41, 5.74) is 8.46. The maximum Gasteiger partial charge on any atom is 0.321 e. The van der Waals surface area contributed by atoms with Crippen molar-refractivity contribution in [2.45, 2.75) is 59.2 Å². The fraction of sp³-hybridized carbons (Fsp3) is 0.333. The van der Waals surface area contributed by atoms with Crippen LogP contribution in [0, 0.1) is 5.41 Å². The lowest BCUT2D eigenvalue weighted by Crippen LogP contribution is -2.44. The van der Waals surface area contributed by atoms with Crippen LogP contribution in [0.1, 0.15) is 48.0 Å². The zero-order chi connectivity index (χ0) is 27.4. The van der Waals surface area contributed by atoms with Crippen LogP contribution in [0.5, 0.6) is 0 Å². The van der Waals surface area contributed by atoms with Crippen molar-refractivity contribution in [2.75, 3.05) is 11.9 Å². The lowest BCUT2D eigenvalue weighted by molar-refractivity contribution is -0.144. The Morgan fingerprint density at radius 3 is 2.38 bits per heavy atom. The topological polar surface area (TPSA) is 65.5 Å². The van der Waals surface area contributed by atoms with Crippen LogP contribution in [-0.4, -0.2) is 33.5 Å². The summed E-state index contributed by atoms with van der Waals surface area (Å²) in [6.45, 7) is 8.86. The minimum Gasteiger partial charge on any atom is -0.480 e. The second-order valence-corrected chi connectivity index (χ2v) is 12.6. The van der Waals surface area contributed by atoms with Gasteiger partial charge in [0.05, 0.1) is 12.2 Å². The number of nitrogens with zero attached hydrogens (tertiary/aromatic N) is 2. The summed E-state index contributed by atoms with van der Waals surface area (Å²) < 4.78 is 0.